The molecule has 0 radical (unpaired) electrons. The van der Waals surface area contributed by atoms with E-state index in [4.69, 9.17) is 9.73 Å². The number of aliphatic imine (C=N–C) groups is 1. The van der Waals surface area contributed by atoms with Gasteiger partial charge in [-0.1, -0.05) is 19.1 Å². The first-order valence-electron chi connectivity index (χ1n) is 11.4. The molecule has 0 aromatic carbocycles. The van der Waals surface area contributed by atoms with E-state index in [-0.39, 0.29) is 12.1 Å². The van der Waals surface area contributed by atoms with Crippen LogP contribution in [0.3, 0.4) is 0 Å². The minimum absolute atomic E-state index is 0.0945. The number of carbonyl (C=O) groups is 1. The molecule has 0 aromatic rings. The second kappa shape index (κ2) is 10.3. The van der Waals surface area contributed by atoms with E-state index in [9.17, 15) is 4.79 Å². The Morgan fingerprint density at radius 3 is 2.37 bits per heavy atom. The number of ether oxygens (including phenoxy) is 1. The summed E-state index contributed by atoms with van der Waals surface area (Å²) < 4.78 is 5.60. The summed E-state index contributed by atoms with van der Waals surface area (Å²) in [6.07, 6.45) is 9.56. The number of allylic oxidation sites excluding steroid dienone is 5. The molecule has 168 valence electrons. The summed E-state index contributed by atoms with van der Waals surface area (Å²) in [5, 5.41) is 0. The summed E-state index contributed by atoms with van der Waals surface area (Å²) in [5.74, 6) is 0.653. The quantitative estimate of drug-likeness (QED) is 0.398. The molecule has 2 rings (SSSR count). The van der Waals surface area contributed by atoms with Crippen molar-refractivity contribution in [1.82, 2.24) is 9.80 Å². The van der Waals surface area contributed by atoms with Gasteiger partial charge in [-0.05, 0) is 79.2 Å². The molecule has 1 unspecified atom stereocenters. The molecule has 0 bridgehead atoms. The van der Waals surface area contributed by atoms with Gasteiger partial charge in [0, 0.05) is 48.9 Å². The summed E-state index contributed by atoms with van der Waals surface area (Å²) in [5.41, 5.74) is 4.55. The van der Waals surface area contributed by atoms with Crippen molar-refractivity contribution in [3.63, 3.8) is 0 Å². The minimum Gasteiger partial charge on any atom is -0.444 e. The third-order valence-electron chi connectivity index (χ3n) is 5.68. The van der Waals surface area contributed by atoms with Crippen molar-refractivity contribution in [2.24, 2.45) is 10.9 Å². The number of hydrogen-bond acceptors (Lipinski definition) is 4. The number of piperazine rings is 1. The molecule has 0 N–H and O–H groups in total. The second-order valence-electron chi connectivity index (χ2n) is 9.46. The van der Waals surface area contributed by atoms with Crippen molar-refractivity contribution in [1.29, 1.82) is 0 Å². The normalized spacial score (nSPS) is 22.5. The van der Waals surface area contributed by atoms with Crippen molar-refractivity contribution >= 4 is 11.8 Å². The first-order valence-corrected chi connectivity index (χ1v) is 11.4. The monoisotopic (exact) mass is 415 g/mol. The van der Waals surface area contributed by atoms with Gasteiger partial charge in [0.25, 0.3) is 0 Å². The van der Waals surface area contributed by atoms with Crippen LogP contribution < -0.4 is 0 Å². The Morgan fingerprint density at radius 2 is 1.87 bits per heavy atom. The van der Waals surface area contributed by atoms with Crippen LogP contribution in [0.5, 0.6) is 0 Å². The number of carbonyl (C=O) groups excluding carboxylic acids is 1. The van der Waals surface area contributed by atoms with Gasteiger partial charge in [0.1, 0.15) is 5.60 Å². The molecule has 2 fully saturated rings. The maximum atomic E-state index is 12.6. The lowest BCUT2D eigenvalue weighted by Crippen LogP contribution is -2.54. The summed E-state index contributed by atoms with van der Waals surface area (Å²) in [7, 11) is 0. The highest BCUT2D eigenvalue weighted by molar-refractivity contribution is 6.03. The number of hydrogen-bond donors (Lipinski definition) is 0. The summed E-state index contributed by atoms with van der Waals surface area (Å²) >= 11 is 0. The Bertz CT molecular complexity index is 736. The molecule has 5 nitrogen and oxygen atoms in total. The molecular weight excluding hydrogens is 374 g/mol. The van der Waals surface area contributed by atoms with Crippen molar-refractivity contribution in [2.75, 3.05) is 19.6 Å². The SMILES string of the molecule is C\C=C(C(/C(C)=N/C=C/CC)=C(/C)N1CCN(C(=O)OC(C)(C)C)C(C)C1)\C1CC1. The van der Waals surface area contributed by atoms with E-state index in [0.29, 0.717) is 12.5 Å². The van der Waals surface area contributed by atoms with Gasteiger partial charge in [-0.2, -0.15) is 0 Å². The molecule has 1 amide bonds. The molecule has 1 atom stereocenters. The maximum absolute atomic E-state index is 12.6. The largest absolute Gasteiger partial charge is 0.444 e. The fourth-order valence-electron chi connectivity index (χ4n) is 4.00. The third-order valence-corrected chi connectivity index (χ3v) is 5.68. The second-order valence-corrected chi connectivity index (χ2v) is 9.46. The standard InChI is InChI=1S/C25H41N3O2/c1-9-11-14-26-19(4)23(22(10-2)21-12-13-21)20(5)27-15-16-28(18(3)17-27)24(29)30-25(6,7)8/h10-11,14,18,21H,9,12-13,15-17H2,1-8H3/b14-11+,22-10-,23-20-,26-19+. The van der Waals surface area contributed by atoms with Gasteiger partial charge in [0.2, 0.25) is 0 Å². The van der Waals surface area contributed by atoms with E-state index in [1.54, 1.807) is 0 Å². The van der Waals surface area contributed by atoms with E-state index in [1.165, 1.54) is 29.7 Å². The van der Waals surface area contributed by atoms with Gasteiger partial charge >= 0.3 is 6.09 Å². The first-order chi connectivity index (χ1) is 14.1. The Balaban J connectivity index is 2.26. The van der Waals surface area contributed by atoms with E-state index in [0.717, 1.165) is 25.2 Å². The fourth-order valence-corrected chi connectivity index (χ4v) is 4.00. The van der Waals surface area contributed by atoms with E-state index < -0.39 is 5.60 Å². The van der Waals surface area contributed by atoms with Crippen LogP contribution >= 0.6 is 0 Å². The lowest BCUT2D eigenvalue weighted by Gasteiger charge is -2.42. The van der Waals surface area contributed by atoms with Crippen LogP contribution in [0.1, 0.15) is 74.7 Å². The van der Waals surface area contributed by atoms with Crippen LogP contribution in [0.4, 0.5) is 4.79 Å². The van der Waals surface area contributed by atoms with Crippen LogP contribution in [0.25, 0.3) is 0 Å². The average Bonchev–Trinajstić information content (AvgIpc) is 3.49. The highest BCUT2D eigenvalue weighted by atomic mass is 16.6. The average molecular weight is 416 g/mol. The van der Waals surface area contributed by atoms with Gasteiger partial charge in [0.15, 0.2) is 0 Å². The van der Waals surface area contributed by atoms with Gasteiger partial charge in [-0.3, -0.25) is 4.99 Å². The minimum atomic E-state index is -0.471. The van der Waals surface area contributed by atoms with E-state index >= 15 is 0 Å². The lowest BCUT2D eigenvalue weighted by molar-refractivity contribution is 0.00494. The predicted octanol–water partition coefficient (Wildman–Crippen LogP) is 5.94. The van der Waals surface area contributed by atoms with Crippen LogP contribution in [0.2, 0.25) is 0 Å². The van der Waals surface area contributed by atoms with Gasteiger partial charge in [-0.15, -0.1) is 0 Å². The van der Waals surface area contributed by atoms with Crippen LogP contribution in [0, 0.1) is 5.92 Å². The zero-order valence-corrected chi connectivity index (χ0v) is 20.3. The van der Waals surface area contributed by atoms with E-state index in [2.05, 4.69) is 51.7 Å². The van der Waals surface area contributed by atoms with Crippen LogP contribution in [0.15, 0.2) is 40.2 Å². The summed E-state index contributed by atoms with van der Waals surface area (Å²) in [6, 6.07) is 0.0945. The molecule has 1 aliphatic heterocycles. The van der Waals surface area contributed by atoms with Crippen molar-refractivity contribution in [3.05, 3.63) is 35.2 Å². The zero-order valence-electron chi connectivity index (χ0n) is 20.3. The number of amides is 1. The Labute approximate surface area is 183 Å². The summed E-state index contributed by atoms with van der Waals surface area (Å²) in [6.45, 7) is 18.7. The molecule has 30 heavy (non-hydrogen) atoms. The van der Waals surface area contributed by atoms with Gasteiger partial charge in [-0.25, -0.2) is 4.79 Å². The Hall–Kier alpha value is -2.04. The molecule has 0 spiro atoms. The highest BCUT2D eigenvalue weighted by Gasteiger charge is 2.34. The summed E-state index contributed by atoms with van der Waals surface area (Å²) in [4.78, 5) is 21.6. The fraction of sp³-hybridized carbons (Fsp3) is 0.680. The molecule has 1 aliphatic carbocycles. The molecule has 1 saturated heterocycles. The zero-order chi connectivity index (χ0) is 22.5. The highest BCUT2D eigenvalue weighted by Crippen LogP contribution is 2.41. The van der Waals surface area contributed by atoms with Crippen LogP contribution in [-0.2, 0) is 4.74 Å². The Kier molecular flexibility index (Phi) is 8.34. The molecular formula is C25H41N3O2. The molecule has 0 aromatic heterocycles. The molecule has 1 heterocycles. The first kappa shape index (κ1) is 24.2. The van der Waals surface area contributed by atoms with Gasteiger partial charge < -0.3 is 14.5 Å². The Morgan fingerprint density at radius 1 is 1.20 bits per heavy atom. The van der Waals surface area contributed by atoms with Gasteiger partial charge in [0.05, 0.1) is 0 Å². The molecule has 1 saturated carbocycles. The molecule has 5 heteroatoms. The number of rotatable bonds is 6. The molecule has 2 aliphatic rings. The topological polar surface area (TPSA) is 45.1 Å². The third kappa shape index (κ3) is 6.48. The smallest absolute Gasteiger partial charge is 0.410 e. The van der Waals surface area contributed by atoms with Crippen molar-refractivity contribution in [3.8, 4) is 0 Å². The van der Waals surface area contributed by atoms with E-state index in [1.807, 2.05) is 31.9 Å². The predicted molar refractivity (Wildman–Crippen MR) is 126 cm³/mol. The number of nitrogens with zero attached hydrogens (tertiary/aromatic N) is 3. The van der Waals surface area contributed by atoms with Crippen LogP contribution in [-0.4, -0.2) is 52.9 Å². The van der Waals surface area contributed by atoms with Crippen molar-refractivity contribution in [2.45, 2.75) is 86.3 Å². The maximum Gasteiger partial charge on any atom is 0.410 e. The van der Waals surface area contributed by atoms with Crippen molar-refractivity contribution < 1.29 is 9.53 Å². The lowest BCUT2D eigenvalue weighted by atomic mass is 9.94.